The second-order valence-electron chi connectivity index (χ2n) is 5.92. The fourth-order valence-corrected chi connectivity index (χ4v) is 2.91. The van der Waals surface area contributed by atoms with Gasteiger partial charge in [0, 0.05) is 6.61 Å². The predicted molar refractivity (Wildman–Crippen MR) is 88.8 cm³/mol. The molecule has 23 heavy (non-hydrogen) atoms. The van der Waals surface area contributed by atoms with Crippen LogP contribution in [0.3, 0.4) is 0 Å². The number of carbonyl (C=O) groups excluding carboxylic acids is 1. The topological polar surface area (TPSA) is 67.0 Å². The largest absolute Gasteiger partial charge is 0.378 e. The van der Waals surface area contributed by atoms with E-state index in [9.17, 15) is 4.79 Å². The smallest absolute Gasteiger partial charge is 0.223 e. The average Bonchev–Trinajstić information content (AvgIpc) is 3.25. The van der Waals surface area contributed by atoms with Crippen molar-refractivity contribution in [2.75, 3.05) is 6.61 Å². The molecule has 1 aromatic heterocycles. The lowest BCUT2D eigenvalue weighted by Gasteiger charge is -2.16. The fraction of sp³-hybridized carbons (Fsp3) is 0.444. The van der Waals surface area contributed by atoms with E-state index in [0.29, 0.717) is 6.42 Å². The maximum absolute atomic E-state index is 12.2. The molecule has 0 aliphatic carbocycles. The van der Waals surface area contributed by atoms with Crippen molar-refractivity contribution >= 4 is 5.91 Å². The third-order valence-corrected chi connectivity index (χ3v) is 4.19. The van der Waals surface area contributed by atoms with E-state index in [1.165, 1.54) is 0 Å². The van der Waals surface area contributed by atoms with Gasteiger partial charge in [-0.05, 0) is 24.8 Å². The summed E-state index contributed by atoms with van der Waals surface area (Å²) < 4.78 is 5.52. The summed E-state index contributed by atoms with van der Waals surface area (Å²) in [7, 11) is 0. The highest BCUT2D eigenvalue weighted by molar-refractivity contribution is 5.77. The van der Waals surface area contributed by atoms with Crippen LogP contribution in [0.25, 0.3) is 11.3 Å². The number of aromatic nitrogens is 2. The molecule has 2 N–H and O–H groups in total. The zero-order chi connectivity index (χ0) is 16.1. The highest BCUT2D eigenvalue weighted by atomic mass is 16.5. The summed E-state index contributed by atoms with van der Waals surface area (Å²) in [6.45, 7) is 2.81. The monoisotopic (exact) mass is 313 g/mol. The molecule has 1 aliphatic heterocycles. The Morgan fingerprint density at radius 3 is 2.96 bits per heavy atom. The lowest BCUT2D eigenvalue weighted by Crippen LogP contribution is -2.31. The Labute approximate surface area is 136 Å². The Bertz CT molecular complexity index is 633. The molecule has 0 radical (unpaired) electrons. The Balaban J connectivity index is 1.64. The van der Waals surface area contributed by atoms with Gasteiger partial charge in [-0.2, -0.15) is 0 Å². The number of nitrogens with zero attached hydrogens (tertiary/aromatic N) is 1. The van der Waals surface area contributed by atoms with Crippen molar-refractivity contribution in [1.29, 1.82) is 0 Å². The van der Waals surface area contributed by atoms with Crippen molar-refractivity contribution in [3.63, 3.8) is 0 Å². The molecular formula is C18H23N3O2. The van der Waals surface area contributed by atoms with E-state index in [1.54, 1.807) is 0 Å². The van der Waals surface area contributed by atoms with Crippen LogP contribution in [0.4, 0.5) is 0 Å². The van der Waals surface area contributed by atoms with Gasteiger partial charge in [0.15, 0.2) is 0 Å². The van der Waals surface area contributed by atoms with Gasteiger partial charge in [-0.15, -0.1) is 0 Å². The van der Waals surface area contributed by atoms with Gasteiger partial charge in [0.1, 0.15) is 5.82 Å². The second-order valence-corrected chi connectivity index (χ2v) is 5.92. The molecule has 0 bridgehead atoms. The summed E-state index contributed by atoms with van der Waals surface area (Å²) in [6.07, 6.45) is 5.14. The minimum atomic E-state index is -0.0960. The first-order valence-corrected chi connectivity index (χ1v) is 8.27. The summed E-state index contributed by atoms with van der Waals surface area (Å²) in [5.74, 6) is 0.827. The van der Waals surface area contributed by atoms with E-state index in [1.807, 2.05) is 43.5 Å². The molecule has 5 heteroatoms. The van der Waals surface area contributed by atoms with Crippen molar-refractivity contribution in [1.82, 2.24) is 15.3 Å². The van der Waals surface area contributed by atoms with Gasteiger partial charge in [-0.25, -0.2) is 4.98 Å². The van der Waals surface area contributed by atoms with Crippen LogP contribution in [0.15, 0.2) is 36.5 Å². The number of nitrogens with one attached hydrogen (secondary N) is 2. The van der Waals surface area contributed by atoms with E-state index >= 15 is 0 Å². The second kappa shape index (κ2) is 7.42. The first kappa shape index (κ1) is 15.7. The summed E-state index contributed by atoms with van der Waals surface area (Å²) in [5.41, 5.74) is 2.05. The van der Waals surface area contributed by atoms with Crippen LogP contribution < -0.4 is 5.32 Å². The number of H-pyrrole nitrogens is 1. The summed E-state index contributed by atoms with van der Waals surface area (Å²) in [6, 6.07) is 9.96. The molecule has 0 unspecified atom stereocenters. The van der Waals surface area contributed by atoms with Gasteiger partial charge < -0.3 is 15.0 Å². The zero-order valence-corrected chi connectivity index (χ0v) is 13.4. The van der Waals surface area contributed by atoms with Crippen LogP contribution in [0, 0.1) is 0 Å². The van der Waals surface area contributed by atoms with Crippen LogP contribution in [-0.2, 0) is 9.53 Å². The van der Waals surface area contributed by atoms with Gasteiger partial charge in [0.05, 0.1) is 30.5 Å². The number of ether oxygens (including phenoxy) is 1. The molecule has 0 saturated carbocycles. The van der Waals surface area contributed by atoms with Gasteiger partial charge in [-0.3, -0.25) is 4.79 Å². The third kappa shape index (κ3) is 3.99. The van der Waals surface area contributed by atoms with E-state index in [-0.39, 0.29) is 18.1 Å². The van der Waals surface area contributed by atoms with Crippen LogP contribution >= 0.6 is 0 Å². The normalized spacial score (nSPS) is 18.7. The third-order valence-electron chi connectivity index (χ3n) is 4.19. The Morgan fingerprint density at radius 2 is 2.26 bits per heavy atom. The highest BCUT2D eigenvalue weighted by Gasteiger charge is 2.22. The molecule has 2 heterocycles. The number of benzene rings is 1. The van der Waals surface area contributed by atoms with Crippen LogP contribution in [0.2, 0.25) is 0 Å². The van der Waals surface area contributed by atoms with Crippen molar-refractivity contribution in [2.24, 2.45) is 0 Å². The molecule has 1 aromatic carbocycles. The molecule has 3 rings (SSSR count). The lowest BCUT2D eigenvalue weighted by atomic mass is 10.1. The maximum Gasteiger partial charge on any atom is 0.223 e. The van der Waals surface area contributed by atoms with Crippen molar-refractivity contribution in [3.05, 3.63) is 42.4 Å². The Kier molecular flexibility index (Phi) is 5.08. The van der Waals surface area contributed by atoms with Crippen molar-refractivity contribution in [3.8, 4) is 11.3 Å². The standard InChI is InChI=1S/C18H23N3O2/c1-2-15(20-17(22)11-14-9-6-10-23-14)18-19-12-16(21-18)13-7-4-3-5-8-13/h3-5,7-8,12,14-15H,2,6,9-11H2,1H3,(H,19,21)(H,20,22)/t14-,15+/m0/s1. The lowest BCUT2D eigenvalue weighted by molar-refractivity contribution is -0.124. The summed E-state index contributed by atoms with van der Waals surface area (Å²) >= 11 is 0. The number of carbonyl (C=O) groups is 1. The van der Waals surface area contributed by atoms with Gasteiger partial charge >= 0.3 is 0 Å². The number of imidazole rings is 1. The number of hydrogen-bond acceptors (Lipinski definition) is 3. The number of aromatic amines is 1. The van der Waals surface area contributed by atoms with Gasteiger partial charge in [0.2, 0.25) is 5.91 Å². The average molecular weight is 313 g/mol. The summed E-state index contributed by atoms with van der Waals surface area (Å²) in [4.78, 5) is 20.0. The van der Waals surface area contributed by atoms with E-state index in [4.69, 9.17) is 4.74 Å². The van der Waals surface area contributed by atoms with E-state index < -0.39 is 0 Å². The van der Waals surface area contributed by atoms with Gasteiger partial charge in [0.25, 0.3) is 0 Å². The number of hydrogen-bond donors (Lipinski definition) is 2. The molecule has 1 amide bonds. The minimum Gasteiger partial charge on any atom is -0.378 e. The van der Waals surface area contributed by atoms with Crippen molar-refractivity contribution in [2.45, 2.75) is 44.8 Å². The number of amides is 1. The molecule has 0 spiro atoms. The molecule has 1 saturated heterocycles. The fourth-order valence-electron chi connectivity index (χ4n) is 2.91. The molecule has 122 valence electrons. The van der Waals surface area contributed by atoms with Crippen LogP contribution in [0.1, 0.15) is 44.5 Å². The van der Waals surface area contributed by atoms with Gasteiger partial charge in [-0.1, -0.05) is 37.3 Å². The molecule has 1 aliphatic rings. The predicted octanol–water partition coefficient (Wildman–Crippen LogP) is 3.21. The Morgan fingerprint density at radius 1 is 1.43 bits per heavy atom. The maximum atomic E-state index is 12.2. The first-order valence-electron chi connectivity index (χ1n) is 8.27. The molecule has 2 atom stereocenters. The highest BCUT2D eigenvalue weighted by Crippen LogP contribution is 2.21. The zero-order valence-electron chi connectivity index (χ0n) is 13.4. The quantitative estimate of drug-likeness (QED) is 0.860. The molecular weight excluding hydrogens is 290 g/mol. The summed E-state index contributed by atoms with van der Waals surface area (Å²) in [5, 5.41) is 3.06. The van der Waals surface area contributed by atoms with Crippen LogP contribution in [0.5, 0.6) is 0 Å². The van der Waals surface area contributed by atoms with Crippen molar-refractivity contribution < 1.29 is 9.53 Å². The van der Waals surface area contributed by atoms with Crippen LogP contribution in [-0.4, -0.2) is 28.6 Å². The molecule has 1 fully saturated rings. The minimum absolute atomic E-state index is 0.0291. The number of rotatable bonds is 6. The Hall–Kier alpha value is -2.14. The molecule has 5 nitrogen and oxygen atoms in total. The first-order chi connectivity index (χ1) is 11.3. The van der Waals surface area contributed by atoms with E-state index in [2.05, 4.69) is 15.3 Å². The molecule has 2 aromatic rings. The SMILES string of the molecule is CC[C@@H](NC(=O)C[C@@H]1CCCO1)c1ncc(-c2ccccc2)[nH]1. The van der Waals surface area contributed by atoms with E-state index in [0.717, 1.165) is 43.0 Å².